The van der Waals surface area contributed by atoms with Crippen LogP contribution < -0.4 is 0 Å². The van der Waals surface area contributed by atoms with Gasteiger partial charge in [-0.3, -0.25) is 4.79 Å². The minimum atomic E-state index is 0. The molecule has 0 fully saturated rings. The second-order valence-corrected chi connectivity index (χ2v) is 1.92. The molecule has 0 aliphatic carbocycles. The lowest BCUT2D eigenvalue weighted by molar-refractivity contribution is 0.112. The van der Waals surface area contributed by atoms with E-state index in [0.29, 0.717) is 10.7 Å². The number of rotatable bonds is 1. The third kappa shape index (κ3) is 2.33. The standard InChI is InChI=1S/C6H4ClNO.ClH/c7-6-2-1-5(4-9)3-8-6;/h1-4H;1H. The lowest BCUT2D eigenvalue weighted by Gasteiger charge is -1.86. The van der Waals surface area contributed by atoms with Crippen molar-refractivity contribution in [2.24, 2.45) is 0 Å². The molecule has 1 aromatic heterocycles. The lowest BCUT2D eigenvalue weighted by Crippen LogP contribution is -1.79. The quantitative estimate of drug-likeness (QED) is 0.486. The Bertz CT molecular complexity index is 209. The second-order valence-electron chi connectivity index (χ2n) is 1.53. The number of aldehydes is 1. The molecule has 0 aromatic carbocycles. The van der Waals surface area contributed by atoms with E-state index >= 15 is 0 Å². The predicted molar refractivity (Wildman–Crippen MR) is 41.9 cm³/mol. The van der Waals surface area contributed by atoms with E-state index in [2.05, 4.69) is 4.98 Å². The fourth-order valence-corrected chi connectivity index (χ4v) is 0.569. The highest BCUT2D eigenvalue weighted by Crippen LogP contribution is 2.02. The molecule has 54 valence electrons. The van der Waals surface area contributed by atoms with Gasteiger partial charge in [0, 0.05) is 11.8 Å². The molecule has 0 spiro atoms. The first kappa shape index (κ1) is 9.40. The molecular formula is C6H5Cl2NO. The number of aromatic nitrogens is 1. The third-order valence-corrected chi connectivity index (χ3v) is 1.11. The number of halogens is 2. The van der Waals surface area contributed by atoms with Crippen molar-refractivity contribution in [2.45, 2.75) is 0 Å². The largest absolute Gasteiger partial charge is 0.298 e. The topological polar surface area (TPSA) is 30.0 Å². The summed E-state index contributed by atoms with van der Waals surface area (Å²) < 4.78 is 0. The highest BCUT2D eigenvalue weighted by molar-refractivity contribution is 6.29. The van der Waals surface area contributed by atoms with Gasteiger partial charge in [0.15, 0.2) is 6.29 Å². The van der Waals surface area contributed by atoms with Crippen LogP contribution in [-0.4, -0.2) is 11.3 Å². The Kier molecular flexibility index (Phi) is 4.00. The number of hydrogen-bond acceptors (Lipinski definition) is 2. The third-order valence-electron chi connectivity index (χ3n) is 0.886. The van der Waals surface area contributed by atoms with Gasteiger partial charge in [0.05, 0.1) is 0 Å². The molecule has 0 N–H and O–H groups in total. The first-order valence-corrected chi connectivity index (χ1v) is 2.77. The minimum absolute atomic E-state index is 0. The molecule has 0 saturated heterocycles. The summed E-state index contributed by atoms with van der Waals surface area (Å²) in [6.07, 6.45) is 2.15. The van der Waals surface area contributed by atoms with Gasteiger partial charge in [-0.2, -0.15) is 0 Å². The molecule has 10 heavy (non-hydrogen) atoms. The van der Waals surface area contributed by atoms with Gasteiger partial charge in [-0.25, -0.2) is 4.98 Å². The SMILES string of the molecule is Cl.O=Cc1ccc(Cl)nc1. The van der Waals surface area contributed by atoms with Crippen LogP contribution >= 0.6 is 24.0 Å². The van der Waals surface area contributed by atoms with E-state index in [0.717, 1.165) is 6.29 Å². The maximum atomic E-state index is 10.0. The number of nitrogens with zero attached hydrogens (tertiary/aromatic N) is 1. The van der Waals surface area contributed by atoms with Gasteiger partial charge in [-0.1, -0.05) is 11.6 Å². The van der Waals surface area contributed by atoms with Crippen molar-refractivity contribution in [3.05, 3.63) is 29.0 Å². The molecular weight excluding hydrogens is 173 g/mol. The zero-order valence-electron chi connectivity index (χ0n) is 4.95. The van der Waals surface area contributed by atoms with Gasteiger partial charge in [-0.05, 0) is 12.1 Å². The molecule has 1 heterocycles. The summed E-state index contributed by atoms with van der Waals surface area (Å²) in [6.45, 7) is 0. The molecule has 0 unspecified atom stereocenters. The Labute approximate surface area is 69.6 Å². The van der Waals surface area contributed by atoms with Crippen molar-refractivity contribution in [1.29, 1.82) is 0 Å². The molecule has 1 rings (SSSR count). The molecule has 0 atom stereocenters. The van der Waals surface area contributed by atoms with Gasteiger partial charge < -0.3 is 0 Å². The highest BCUT2D eigenvalue weighted by atomic mass is 35.5. The Morgan fingerprint density at radius 3 is 2.60 bits per heavy atom. The monoisotopic (exact) mass is 177 g/mol. The van der Waals surface area contributed by atoms with E-state index in [1.807, 2.05) is 0 Å². The van der Waals surface area contributed by atoms with Crippen LogP contribution in [-0.2, 0) is 0 Å². The Balaban J connectivity index is 0.000000810. The molecule has 0 aliphatic rings. The number of hydrogen-bond donors (Lipinski definition) is 0. The number of carbonyl (C=O) groups is 1. The molecule has 0 amide bonds. The van der Waals surface area contributed by atoms with Crippen molar-refractivity contribution in [3.8, 4) is 0 Å². The average molecular weight is 178 g/mol. The van der Waals surface area contributed by atoms with Crippen molar-refractivity contribution >= 4 is 30.3 Å². The Morgan fingerprint density at radius 1 is 1.50 bits per heavy atom. The van der Waals surface area contributed by atoms with Gasteiger partial charge in [0.2, 0.25) is 0 Å². The number of carbonyl (C=O) groups excluding carboxylic acids is 1. The van der Waals surface area contributed by atoms with Crippen molar-refractivity contribution in [2.75, 3.05) is 0 Å². The van der Waals surface area contributed by atoms with Gasteiger partial charge >= 0.3 is 0 Å². The van der Waals surface area contributed by atoms with E-state index in [4.69, 9.17) is 11.6 Å². The number of pyridine rings is 1. The average Bonchev–Trinajstić information content (AvgIpc) is 1.90. The minimum Gasteiger partial charge on any atom is -0.298 e. The maximum absolute atomic E-state index is 10.0. The van der Waals surface area contributed by atoms with Crippen LogP contribution in [0.1, 0.15) is 10.4 Å². The molecule has 1 aromatic rings. The van der Waals surface area contributed by atoms with Crippen LogP contribution in [0.5, 0.6) is 0 Å². The van der Waals surface area contributed by atoms with E-state index in [9.17, 15) is 4.79 Å². The summed E-state index contributed by atoms with van der Waals surface area (Å²) in [6, 6.07) is 3.19. The van der Waals surface area contributed by atoms with Crippen LogP contribution in [0.2, 0.25) is 5.15 Å². The normalized spacial score (nSPS) is 8.10. The summed E-state index contributed by atoms with van der Waals surface area (Å²) in [5.74, 6) is 0. The fourth-order valence-electron chi connectivity index (χ4n) is 0.457. The zero-order valence-corrected chi connectivity index (χ0v) is 6.52. The molecule has 2 nitrogen and oxygen atoms in total. The fraction of sp³-hybridized carbons (Fsp3) is 0. The van der Waals surface area contributed by atoms with Crippen molar-refractivity contribution in [3.63, 3.8) is 0 Å². The van der Waals surface area contributed by atoms with Crippen LogP contribution in [0.25, 0.3) is 0 Å². The molecule has 0 radical (unpaired) electrons. The van der Waals surface area contributed by atoms with Crippen LogP contribution in [0, 0.1) is 0 Å². The smallest absolute Gasteiger partial charge is 0.151 e. The molecule has 4 heteroatoms. The first-order chi connectivity index (χ1) is 4.33. The second kappa shape index (κ2) is 4.25. The zero-order chi connectivity index (χ0) is 6.69. The van der Waals surface area contributed by atoms with Gasteiger partial charge in [-0.15, -0.1) is 12.4 Å². The molecule has 0 saturated carbocycles. The summed E-state index contributed by atoms with van der Waals surface area (Å²) in [5.41, 5.74) is 0.541. The van der Waals surface area contributed by atoms with Crippen LogP contribution in [0.4, 0.5) is 0 Å². The molecule has 0 aliphatic heterocycles. The summed E-state index contributed by atoms with van der Waals surface area (Å²) in [5, 5.41) is 0.403. The van der Waals surface area contributed by atoms with E-state index < -0.39 is 0 Å². The summed E-state index contributed by atoms with van der Waals surface area (Å²) in [7, 11) is 0. The highest BCUT2D eigenvalue weighted by Gasteiger charge is 1.88. The van der Waals surface area contributed by atoms with Gasteiger partial charge in [0.1, 0.15) is 5.15 Å². The Morgan fingerprint density at radius 2 is 2.20 bits per heavy atom. The van der Waals surface area contributed by atoms with E-state index in [1.165, 1.54) is 6.20 Å². The Hall–Kier alpha value is -0.600. The summed E-state index contributed by atoms with van der Waals surface area (Å²) in [4.78, 5) is 13.7. The van der Waals surface area contributed by atoms with Gasteiger partial charge in [0.25, 0.3) is 0 Å². The van der Waals surface area contributed by atoms with E-state index in [-0.39, 0.29) is 12.4 Å². The maximum Gasteiger partial charge on any atom is 0.151 e. The lowest BCUT2D eigenvalue weighted by atomic mass is 10.3. The summed E-state index contributed by atoms with van der Waals surface area (Å²) >= 11 is 5.44. The van der Waals surface area contributed by atoms with Crippen LogP contribution in [0.3, 0.4) is 0 Å². The van der Waals surface area contributed by atoms with E-state index in [1.54, 1.807) is 12.1 Å². The van der Waals surface area contributed by atoms with Crippen molar-refractivity contribution < 1.29 is 4.79 Å². The molecule has 0 bridgehead atoms. The van der Waals surface area contributed by atoms with Crippen LogP contribution in [0.15, 0.2) is 18.3 Å². The van der Waals surface area contributed by atoms with Crippen molar-refractivity contribution in [1.82, 2.24) is 4.98 Å². The predicted octanol–water partition coefficient (Wildman–Crippen LogP) is 1.97. The first-order valence-electron chi connectivity index (χ1n) is 2.39.